The van der Waals surface area contributed by atoms with Gasteiger partial charge in [0.2, 0.25) is 0 Å². The first-order valence-corrected chi connectivity index (χ1v) is 11.3. The maximum Gasteiger partial charge on any atom is 0.123 e. The van der Waals surface area contributed by atoms with Gasteiger partial charge < -0.3 is 0 Å². The van der Waals surface area contributed by atoms with Gasteiger partial charge in [-0.3, -0.25) is 4.98 Å². The second-order valence-electron chi connectivity index (χ2n) is 8.01. The van der Waals surface area contributed by atoms with Gasteiger partial charge in [0.1, 0.15) is 5.82 Å². The van der Waals surface area contributed by atoms with Gasteiger partial charge in [-0.25, -0.2) is 4.39 Å². The standard InChI is InChI=1S/C27H20FNS/c28-20-11-8-17(9-12-20)19-10-13-22-23-6-3-7-24(27(23)30-25(22)16-19)26-21-5-2-1-4-18(21)14-15-29-26/h3,6-16H,1-2,4-5H2. The molecule has 0 saturated heterocycles. The zero-order valence-corrected chi connectivity index (χ0v) is 17.3. The summed E-state index contributed by atoms with van der Waals surface area (Å²) < 4.78 is 15.9. The molecule has 2 heterocycles. The highest BCUT2D eigenvalue weighted by Gasteiger charge is 2.18. The number of hydrogen-bond acceptors (Lipinski definition) is 2. The van der Waals surface area contributed by atoms with Crippen LogP contribution in [-0.4, -0.2) is 4.98 Å². The molecule has 6 rings (SSSR count). The van der Waals surface area contributed by atoms with Gasteiger partial charge in [-0.15, -0.1) is 11.3 Å². The number of aromatic nitrogens is 1. The average Bonchev–Trinajstić information content (AvgIpc) is 3.17. The summed E-state index contributed by atoms with van der Waals surface area (Å²) in [6.07, 6.45) is 6.77. The first kappa shape index (κ1) is 17.8. The van der Waals surface area contributed by atoms with Crippen LogP contribution in [0.25, 0.3) is 42.6 Å². The summed E-state index contributed by atoms with van der Waals surface area (Å²) in [6.45, 7) is 0. The Kier molecular flexibility index (Phi) is 4.17. The molecule has 3 aromatic carbocycles. The molecule has 0 unspecified atom stereocenters. The third-order valence-corrected chi connectivity index (χ3v) is 7.41. The number of thiophene rings is 1. The van der Waals surface area contributed by atoms with Gasteiger partial charge in [0, 0.05) is 31.9 Å². The molecule has 0 bridgehead atoms. The predicted octanol–water partition coefficient (Wildman–Crippen LogP) is 7.80. The topological polar surface area (TPSA) is 12.9 Å². The lowest BCUT2D eigenvalue weighted by atomic mass is 9.89. The minimum Gasteiger partial charge on any atom is -0.256 e. The molecule has 146 valence electrons. The Hall–Kier alpha value is -3.04. The molecular weight excluding hydrogens is 389 g/mol. The van der Waals surface area contributed by atoms with Crippen LogP contribution in [0.3, 0.4) is 0 Å². The number of rotatable bonds is 2. The van der Waals surface area contributed by atoms with E-state index in [1.54, 1.807) is 0 Å². The number of nitrogens with zero attached hydrogens (tertiary/aromatic N) is 1. The zero-order chi connectivity index (χ0) is 20.1. The molecule has 3 heteroatoms. The number of pyridine rings is 1. The average molecular weight is 410 g/mol. The molecule has 0 spiro atoms. The third-order valence-electron chi connectivity index (χ3n) is 6.21. The Labute approximate surface area is 178 Å². The molecule has 0 amide bonds. The van der Waals surface area contributed by atoms with E-state index in [1.165, 1.54) is 61.8 Å². The summed E-state index contributed by atoms with van der Waals surface area (Å²) in [5.74, 6) is -0.204. The van der Waals surface area contributed by atoms with Gasteiger partial charge in [-0.1, -0.05) is 42.5 Å². The van der Waals surface area contributed by atoms with Crippen LogP contribution in [0, 0.1) is 5.82 Å². The minimum atomic E-state index is -0.204. The van der Waals surface area contributed by atoms with E-state index in [4.69, 9.17) is 4.98 Å². The number of halogens is 1. The second-order valence-corrected chi connectivity index (χ2v) is 9.06. The van der Waals surface area contributed by atoms with Crippen LogP contribution in [-0.2, 0) is 12.8 Å². The van der Waals surface area contributed by atoms with Crippen molar-refractivity contribution in [2.24, 2.45) is 0 Å². The maximum absolute atomic E-state index is 13.3. The van der Waals surface area contributed by atoms with E-state index < -0.39 is 0 Å². The molecule has 0 N–H and O–H groups in total. The van der Waals surface area contributed by atoms with E-state index in [1.807, 2.05) is 29.7 Å². The molecule has 1 aliphatic carbocycles. The number of fused-ring (bicyclic) bond motifs is 4. The highest BCUT2D eigenvalue weighted by Crippen LogP contribution is 2.42. The lowest BCUT2D eigenvalue weighted by Gasteiger charge is -2.18. The molecular formula is C27H20FNS. The molecule has 0 saturated carbocycles. The Morgan fingerprint density at radius 3 is 2.53 bits per heavy atom. The maximum atomic E-state index is 13.3. The van der Waals surface area contributed by atoms with Crippen LogP contribution in [0.5, 0.6) is 0 Å². The fraction of sp³-hybridized carbons (Fsp3) is 0.148. The van der Waals surface area contributed by atoms with Gasteiger partial charge in [0.25, 0.3) is 0 Å². The molecule has 1 aliphatic rings. The second kappa shape index (κ2) is 7.03. The minimum absolute atomic E-state index is 0.204. The van der Waals surface area contributed by atoms with Crippen molar-refractivity contribution in [3.63, 3.8) is 0 Å². The van der Waals surface area contributed by atoms with Crippen molar-refractivity contribution < 1.29 is 4.39 Å². The van der Waals surface area contributed by atoms with Crippen molar-refractivity contribution in [2.75, 3.05) is 0 Å². The first-order chi connectivity index (χ1) is 14.8. The van der Waals surface area contributed by atoms with E-state index in [0.717, 1.165) is 29.7 Å². The van der Waals surface area contributed by atoms with Crippen molar-refractivity contribution in [3.8, 4) is 22.4 Å². The summed E-state index contributed by atoms with van der Waals surface area (Å²) in [5, 5.41) is 2.56. The van der Waals surface area contributed by atoms with E-state index >= 15 is 0 Å². The van der Waals surface area contributed by atoms with Crippen LogP contribution >= 0.6 is 11.3 Å². The summed E-state index contributed by atoms with van der Waals surface area (Å²) in [7, 11) is 0. The summed E-state index contributed by atoms with van der Waals surface area (Å²) >= 11 is 1.83. The lowest BCUT2D eigenvalue weighted by Crippen LogP contribution is -2.05. The van der Waals surface area contributed by atoms with Crippen molar-refractivity contribution in [1.29, 1.82) is 0 Å². The van der Waals surface area contributed by atoms with E-state index in [2.05, 4.69) is 42.5 Å². The number of benzene rings is 3. The molecule has 0 aliphatic heterocycles. The van der Waals surface area contributed by atoms with Gasteiger partial charge in [-0.05, 0) is 72.2 Å². The monoisotopic (exact) mass is 409 g/mol. The van der Waals surface area contributed by atoms with Crippen LogP contribution in [0.15, 0.2) is 72.9 Å². The third kappa shape index (κ3) is 2.85. The highest BCUT2D eigenvalue weighted by molar-refractivity contribution is 7.26. The summed E-state index contributed by atoms with van der Waals surface area (Å²) in [5.41, 5.74) is 7.45. The number of hydrogen-bond donors (Lipinski definition) is 0. The van der Waals surface area contributed by atoms with E-state index in [0.29, 0.717) is 0 Å². The molecule has 1 nitrogen and oxygen atoms in total. The van der Waals surface area contributed by atoms with E-state index in [9.17, 15) is 4.39 Å². The van der Waals surface area contributed by atoms with Crippen molar-refractivity contribution in [3.05, 3.63) is 89.9 Å². The smallest absolute Gasteiger partial charge is 0.123 e. The normalized spacial score (nSPS) is 13.6. The van der Waals surface area contributed by atoms with Crippen LogP contribution in [0.4, 0.5) is 4.39 Å². The van der Waals surface area contributed by atoms with Gasteiger partial charge >= 0.3 is 0 Å². The van der Waals surface area contributed by atoms with Gasteiger partial charge in [-0.2, -0.15) is 0 Å². The van der Waals surface area contributed by atoms with E-state index in [-0.39, 0.29) is 5.82 Å². The lowest BCUT2D eigenvalue weighted by molar-refractivity contribution is 0.628. The molecule has 2 aromatic heterocycles. The number of aryl methyl sites for hydroxylation is 1. The quantitative estimate of drug-likeness (QED) is 0.290. The molecule has 0 atom stereocenters. The van der Waals surface area contributed by atoms with Crippen molar-refractivity contribution >= 4 is 31.5 Å². The van der Waals surface area contributed by atoms with Crippen LogP contribution < -0.4 is 0 Å². The molecule has 5 aromatic rings. The molecule has 0 radical (unpaired) electrons. The summed E-state index contributed by atoms with van der Waals surface area (Å²) in [6, 6.07) is 22.1. The Morgan fingerprint density at radius 2 is 1.63 bits per heavy atom. The fourth-order valence-corrected chi connectivity index (χ4v) is 5.96. The Bertz CT molecular complexity index is 1400. The van der Waals surface area contributed by atoms with Crippen LogP contribution in [0.2, 0.25) is 0 Å². The van der Waals surface area contributed by atoms with Gasteiger partial charge in [0.05, 0.1) is 5.69 Å². The molecule has 0 fully saturated rings. The van der Waals surface area contributed by atoms with Crippen LogP contribution in [0.1, 0.15) is 24.0 Å². The predicted molar refractivity (Wildman–Crippen MR) is 125 cm³/mol. The fourth-order valence-electron chi connectivity index (χ4n) is 4.70. The SMILES string of the molecule is Fc1ccc(-c2ccc3c(c2)sc2c(-c4nccc5c4CCCC5)cccc23)cc1. The largest absolute Gasteiger partial charge is 0.256 e. The zero-order valence-electron chi connectivity index (χ0n) is 16.5. The molecule has 30 heavy (non-hydrogen) atoms. The van der Waals surface area contributed by atoms with Crippen molar-refractivity contribution in [1.82, 2.24) is 4.98 Å². The van der Waals surface area contributed by atoms with Gasteiger partial charge in [0.15, 0.2) is 0 Å². The highest BCUT2D eigenvalue weighted by atomic mass is 32.1. The summed E-state index contributed by atoms with van der Waals surface area (Å²) in [4.78, 5) is 4.83. The van der Waals surface area contributed by atoms with Crippen molar-refractivity contribution in [2.45, 2.75) is 25.7 Å². The Balaban J connectivity index is 1.55. The first-order valence-electron chi connectivity index (χ1n) is 10.5. The Morgan fingerprint density at radius 1 is 0.800 bits per heavy atom.